The Bertz CT molecular complexity index is 489. The summed E-state index contributed by atoms with van der Waals surface area (Å²) in [6.45, 7) is 1.71. The highest BCUT2D eigenvalue weighted by atomic mass is 35.5. The average molecular weight is 282 g/mol. The number of hydrogen-bond donors (Lipinski definition) is 2. The first-order chi connectivity index (χ1) is 9.11. The Labute approximate surface area is 116 Å². The Morgan fingerprint density at radius 1 is 1.42 bits per heavy atom. The molecule has 0 radical (unpaired) electrons. The fourth-order valence-corrected chi connectivity index (χ4v) is 3.09. The molecule has 2 aliphatic heterocycles. The molecule has 1 amide bonds. The van der Waals surface area contributed by atoms with E-state index in [0.29, 0.717) is 23.5 Å². The topological polar surface area (TPSA) is 84.1 Å². The van der Waals surface area contributed by atoms with Crippen LogP contribution in [0.5, 0.6) is 0 Å². The molecule has 1 aromatic rings. The molecule has 0 bridgehead atoms. The molecule has 19 heavy (non-hydrogen) atoms. The molecule has 7 heteroatoms. The van der Waals surface area contributed by atoms with Crippen molar-refractivity contribution in [3.05, 3.63) is 11.2 Å². The van der Waals surface area contributed by atoms with Crippen LogP contribution in [-0.2, 0) is 4.79 Å². The van der Waals surface area contributed by atoms with Gasteiger partial charge in [0.05, 0.1) is 0 Å². The number of amides is 1. The molecule has 2 saturated heterocycles. The number of aromatic nitrogens is 2. The Hall–Kier alpha value is -1.56. The number of nitrogens with zero attached hydrogens (tertiary/aromatic N) is 3. The van der Waals surface area contributed by atoms with E-state index in [0.717, 1.165) is 31.7 Å². The maximum Gasteiger partial charge on any atom is 0.223 e. The lowest BCUT2D eigenvalue weighted by molar-refractivity contribution is -0.124. The molecule has 6 nitrogen and oxygen atoms in total. The maximum absolute atomic E-state index is 11.4. The third kappa shape index (κ3) is 2.58. The van der Waals surface area contributed by atoms with Gasteiger partial charge >= 0.3 is 0 Å². The quantitative estimate of drug-likeness (QED) is 0.745. The van der Waals surface area contributed by atoms with Gasteiger partial charge in [0.2, 0.25) is 11.9 Å². The van der Waals surface area contributed by atoms with E-state index in [4.69, 9.17) is 17.3 Å². The molecule has 2 fully saturated rings. The van der Waals surface area contributed by atoms with Crippen molar-refractivity contribution < 1.29 is 4.79 Å². The SMILES string of the molecule is Nc1nc(Cl)cc(N2CCC3NC(=O)CCC3C2)n1. The third-order valence-electron chi connectivity index (χ3n) is 3.85. The number of carbonyl (C=O) groups is 1. The van der Waals surface area contributed by atoms with Crippen LogP contribution in [0.1, 0.15) is 19.3 Å². The molecule has 0 aliphatic carbocycles. The van der Waals surface area contributed by atoms with Crippen molar-refractivity contribution in [1.82, 2.24) is 15.3 Å². The van der Waals surface area contributed by atoms with Gasteiger partial charge in [-0.05, 0) is 18.8 Å². The average Bonchev–Trinajstić information content (AvgIpc) is 2.37. The molecule has 102 valence electrons. The van der Waals surface area contributed by atoms with Crippen molar-refractivity contribution in [2.24, 2.45) is 5.92 Å². The van der Waals surface area contributed by atoms with Crippen LogP contribution < -0.4 is 16.0 Å². The van der Waals surface area contributed by atoms with Crippen LogP contribution in [0.25, 0.3) is 0 Å². The fraction of sp³-hybridized carbons (Fsp3) is 0.583. The first-order valence-corrected chi connectivity index (χ1v) is 6.84. The zero-order valence-corrected chi connectivity index (χ0v) is 11.2. The van der Waals surface area contributed by atoms with Gasteiger partial charge in [0, 0.05) is 31.6 Å². The number of nitrogens with one attached hydrogen (secondary N) is 1. The van der Waals surface area contributed by atoms with Gasteiger partial charge < -0.3 is 16.0 Å². The largest absolute Gasteiger partial charge is 0.368 e. The third-order valence-corrected chi connectivity index (χ3v) is 4.04. The smallest absolute Gasteiger partial charge is 0.223 e. The van der Waals surface area contributed by atoms with Crippen molar-refractivity contribution in [2.45, 2.75) is 25.3 Å². The summed E-state index contributed by atoms with van der Waals surface area (Å²) in [4.78, 5) is 21.6. The summed E-state index contributed by atoms with van der Waals surface area (Å²) >= 11 is 5.91. The second-order valence-corrected chi connectivity index (χ2v) is 5.50. The monoisotopic (exact) mass is 281 g/mol. The lowest BCUT2D eigenvalue weighted by Crippen LogP contribution is -2.54. The zero-order chi connectivity index (χ0) is 13.4. The Balaban J connectivity index is 1.75. The van der Waals surface area contributed by atoms with E-state index in [2.05, 4.69) is 20.2 Å². The zero-order valence-electron chi connectivity index (χ0n) is 10.5. The van der Waals surface area contributed by atoms with E-state index < -0.39 is 0 Å². The second-order valence-electron chi connectivity index (χ2n) is 5.11. The van der Waals surface area contributed by atoms with Crippen LogP contribution in [0.2, 0.25) is 5.15 Å². The van der Waals surface area contributed by atoms with E-state index in [1.807, 2.05) is 0 Å². The van der Waals surface area contributed by atoms with E-state index in [9.17, 15) is 4.79 Å². The van der Waals surface area contributed by atoms with Crippen molar-refractivity contribution in [1.29, 1.82) is 0 Å². The molecule has 3 rings (SSSR count). The number of fused-ring (bicyclic) bond motifs is 1. The Morgan fingerprint density at radius 3 is 3.05 bits per heavy atom. The number of halogens is 1. The number of nitrogens with two attached hydrogens (primary N) is 1. The molecule has 0 spiro atoms. The minimum Gasteiger partial charge on any atom is -0.368 e. The molecule has 0 saturated carbocycles. The van der Waals surface area contributed by atoms with Crippen molar-refractivity contribution >= 4 is 29.3 Å². The minimum atomic E-state index is 0.170. The summed E-state index contributed by atoms with van der Waals surface area (Å²) in [5.74, 6) is 1.61. The highest BCUT2D eigenvalue weighted by Gasteiger charge is 2.34. The summed E-state index contributed by atoms with van der Waals surface area (Å²) in [5.41, 5.74) is 5.63. The highest BCUT2D eigenvalue weighted by Crippen LogP contribution is 2.28. The predicted octanol–water partition coefficient (Wildman–Crippen LogP) is 0.817. The number of nitrogen functional groups attached to an aromatic ring is 1. The fourth-order valence-electron chi connectivity index (χ4n) is 2.90. The molecule has 3 heterocycles. The van der Waals surface area contributed by atoms with E-state index >= 15 is 0 Å². The summed E-state index contributed by atoms with van der Waals surface area (Å²) in [5, 5.41) is 3.43. The molecular formula is C12H16ClN5O. The van der Waals surface area contributed by atoms with Crippen molar-refractivity contribution in [2.75, 3.05) is 23.7 Å². The first kappa shape index (κ1) is 12.5. The number of hydrogen-bond acceptors (Lipinski definition) is 5. The molecule has 2 aliphatic rings. The molecule has 0 aromatic carbocycles. The van der Waals surface area contributed by atoms with Crippen LogP contribution >= 0.6 is 11.6 Å². The standard InChI is InChI=1S/C12H16ClN5O/c13-9-5-10(17-12(14)16-9)18-4-3-8-7(6-18)1-2-11(19)15-8/h5,7-8H,1-4,6H2,(H,15,19)(H2,14,16,17). The van der Waals surface area contributed by atoms with Gasteiger partial charge in [0.15, 0.2) is 0 Å². The van der Waals surface area contributed by atoms with Crippen LogP contribution in [-0.4, -0.2) is 35.0 Å². The predicted molar refractivity (Wildman–Crippen MR) is 72.9 cm³/mol. The molecule has 2 unspecified atom stereocenters. The van der Waals surface area contributed by atoms with Crippen LogP contribution in [0.15, 0.2) is 6.07 Å². The summed E-state index contributed by atoms with van der Waals surface area (Å²) < 4.78 is 0. The van der Waals surface area contributed by atoms with Gasteiger partial charge in [-0.15, -0.1) is 0 Å². The van der Waals surface area contributed by atoms with Gasteiger partial charge in [-0.3, -0.25) is 4.79 Å². The summed E-state index contributed by atoms with van der Waals surface area (Å²) in [6, 6.07) is 2.03. The van der Waals surface area contributed by atoms with Crippen LogP contribution in [0.4, 0.5) is 11.8 Å². The summed E-state index contributed by atoms with van der Waals surface area (Å²) in [7, 11) is 0. The molecule has 2 atom stereocenters. The molecule has 3 N–H and O–H groups in total. The van der Waals surface area contributed by atoms with Gasteiger partial charge in [0.1, 0.15) is 11.0 Å². The highest BCUT2D eigenvalue weighted by molar-refractivity contribution is 6.29. The molecular weight excluding hydrogens is 266 g/mol. The minimum absolute atomic E-state index is 0.170. The van der Waals surface area contributed by atoms with Gasteiger partial charge in [-0.25, -0.2) is 4.98 Å². The first-order valence-electron chi connectivity index (χ1n) is 6.46. The molecule has 1 aromatic heterocycles. The summed E-state index contributed by atoms with van der Waals surface area (Å²) in [6.07, 6.45) is 2.47. The van der Waals surface area contributed by atoms with Crippen molar-refractivity contribution in [3.8, 4) is 0 Å². The maximum atomic E-state index is 11.4. The van der Waals surface area contributed by atoms with Crippen molar-refractivity contribution in [3.63, 3.8) is 0 Å². The van der Waals surface area contributed by atoms with E-state index in [-0.39, 0.29) is 11.9 Å². The second kappa shape index (κ2) is 4.85. The lowest BCUT2D eigenvalue weighted by Gasteiger charge is -2.41. The Morgan fingerprint density at radius 2 is 2.26 bits per heavy atom. The van der Waals surface area contributed by atoms with Crippen LogP contribution in [0, 0.1) is 5.92 Å². The van der Waals surface area contributed by atoms with Crippen LogP contribution in [0.3, 0.4) is 0 Å². The van der Waals surface area contributed by atoms with E-state index in [1.165, 1.54) is 0 Å². The normalized spacial score (nSPS) is 26.8. The number of piperidine rings is 2. The number of anilines is 2. The number of carbonyl (C=O) groups excluding carboxylic acids is 1. The van der Waals surface area contributed by atoms with E-state index in [1.54, 1.807) is 6.07 Å². The van der Waals surface area contributed by atoms with Gasteiger partial charge in [-0.2, -0.15) is 4.98 Å². The number of rotatable bonds is 1. The Kier molecular flexibility index (Phi) is 3.18. The van der Waals surface area contributed by atoms with Gasteiger partial charge in [0.25, 0.3) is 0 Å². The van der Waals surface area contributed by atoms with Gasteiger partial charge in [-0.1, -0.05) is 11.6 Å². The lowest BCUT2D eigenvalue weighted by atomic mass is 9.85.